The van der Waals surface area contributed by atoms with Crippen LogP contribution in [0.2, 0.25) is 0 Å². The zero-order chi connectivity index (χ0) is 17.5. The van der Waals surface area contributed by atoms with Gasteiger partial charge in [0.05, 0.1) is 0 Å². The number of nitrogens with zero attached hydrogens (tertiary/aromatic N) is 1. The van der Waals surface area contributed by atoms with Gasteiger partial charge in [-0.1, -0.05) is 30.3 Å². The lowest BCUT2D eigenvalue weighted by Crippen LogP contribution is -2.35. The van der Waals surface area contributed by atoms with Gasteiger partial charge in [-0.3, -0.25) is 9.59 Å². The highest BCUT2D eigenvalue weighted by molar-refractivity contribution is 5.81. The lowest BCUT2D eigenvalue weighted by Gasteiger charge is -2.23. The number of nitrogens with one attached hydrogen (secondary N) is 2. The topological polar surface area (TPSA) is 61.4 Å². The first-order valence-electron chi connectivity index (χ1n) is 9.58. The molecule has 1 aliphatic heterocycles. The van der Waals surface area contributed by atoms with E-state index in [1.54, 1.807) is 0 Å². The fraction of sp³-hybridized carbons (Fsp3) is 0.600. The quantitative estimate of drug-likeness (QED) is 0.866. The number of carbonyl (C=O) groups is 2. The monoisotopic (exact) mass is 343 g/mol. The van der Waals surface area contributed by atoms with Crippen molar-refractivity contribution < 1.29 is 9.59 Å². The number of hydrogen-bond acceptors (Lipinski definition) is 3. The van der Waals surface area contributed by atoms with Crippen LogP contribution in [0, 0.1) is 5.92 Å². The zero-order valence-electron chi connectivity index (χ0n) is 14.9. The summed E-state index contributed by atoms with van der Waals surface area (Å²) in [6.45, 7) is 3.12. The maximum Gasteiger partial charge on any atom is 0.225 e. The molecule has 136 valence electrons. The van der Waals surface area contributed by atoms with E-state index in [2.05, 4.69) is 22.8 Å². The van der Waals surface area contributed by atoms with Crippen molar-refractivity contribution in [3.05, 3.63) is 35.9 Å². The third kappa shape index (κ3) is 5.56. The Bertz CT molecular complexity index is 572. The van der Waals surface area contributed by atoms with Gasteiger partial charge in [0.25, 0.3) is 0 Å². The number of rotatable bonds is 2. The maximum atomic E-state index is 12.4. The van der Waals surface area contributed by atoms with Gasteiger partial charge in [0.2, 0.25) is 11.8 Å². The summed E-state index contributed by atoms with van der Waals surface area (Å²) in [5, 5.41) is 6.53. The Morgan fingerprint density at radius 3 is 2.52 bits per heavy atom. The standard InChI is InChI=1S/C20H29N3O2/c24-19-15-18(16-7-2-1-3-8-16)21-12-6-14-23(13-5-4-11-22-19)20(25)17-9-10-17/h1-3,7-8,17-18,21H,4-6,9-15H2,(H,22,24). The molecule has 2 aliphatic rings. The number of benzene rings is 1. The molecule has 1 aromatic carbocycles. The van der Waals surface area contributed by atoms with Crippen molar-refractivity contribution in [1.82, 2.24) is 15.5 Å². The molecule has 0 radical (unpaired) electrons. The number of carbonyl (C=O) groups excluding carboxylic acids is 2. The Hall–Kier alpha value is -1.88. The molecule has 0 aromatic heterocycles. The minimum Gasteiger partial charge on any atom is -0.356 e. The molecular formula is C20H29N3O2. The highest BCUT2D eigenvalue weighted by Crippen LogP contribution is 2.31. The van der Waals surface area contributed by atoms with E-state index in [1.165, 1.54) is 0 Å². The molecule has 1 aromatic rings. The van der Waals surface area contributed by atoms with E-state index < -0.39 is 0 Å². The fourth-order valence-electron chi connectivity index (χ4n) is 3.37. The Morgan fingerprint density at radius 1 is 1.00 bits per heavy atom. The van der Waals surface area contributed by atoms with Gasteiger partial charge in [0.1, 0.15) is 0 Å². The molecule has 1 saturated heterocycles. The summed E-state index contributed by atoms with van der Waals surface area (Å²) < 4.78 is 0. The van der Waals surface area contributed by atoms with Crippen LogP contribution in [-0.4, -0.2) is 42.9 Å². The van der Waals surface area contributed by atoms with Crippen LogP contribution in [0.25, 0.3) is 0 Å². The van der Waals surface area contributed by atoms with Gasteiger partial charge in [0, 0.05) is 38.0 Å². The van der Waals surface area contributed by atoms with Gasteiger partial charge in [-0.25, -0.2) is 0 Å². The van der Waals surface area contributed by atoms with Gasteiger partial charge in [-0.2, -0.15) is 0 Å². The van der Waals surface area contributed by atoms with Crippen LogP contribution in [0.5, 0.6) is 0 Å². The summed E-state index contributed by atoms with van der Waals surface area (Å²) in [6, 6.07) is 10.1. The summed E-state index contributed by atoms with van der Waals surface area (Å²) in [5.74, 6) is 0.699. The maximum absolute atomic E-state index is 12.4. The summed E-state index contributed by atoms with van der Waals surface area (Å²) in [4.78, 5) is 26.7. The van der Waals surface area contributed by atoms with E-state index in [4.69, 9.17) is 0 Å². The predicted octanol–water partition coefficient (Wildman–Crippen LogP) is 2.25. The number of hydrogen-bond donors (Lipinski definition) is 2. The Labute approximate surface area is 150 Å². The molecule has 2 fully saturated rings. The summed E-state index contributed by atoms with van der Waals surface area (Å²) in [6.07, 6.45) is 5.36. The third-order valence-electron chi connectivity index (χ3n) is 5.00. The molecule has 5 heteroatoms. The average molecular weight is 343 g/mol. The summed E-state index contributed by atoms with van der Waals surface area (Å²) in [7, 11) is 0. The third-order valence-corrected chi connectivity index (χ3v) is 5.00. The van der Waals surface area contributed by atoms with Crippen LogP contribution >= 0.6 is 0 Å². The molecule has 1 saturated carbocycles. The van der Waals surface area contributed by atoms with Crippen molar-refractivity contribution in [2.24, 2.45) is 5.92 Å². The second-order valence-electron chi connectivity index (χ2n) is 7.13. The molecule has 1 aliphatic carbocycles. The molecule has 2 N–H and O–H groups in total. The summed E-state index contributed by atoms with van der Waals surface area (Å²) in [5.41, 5.74) is 1.14. The van der Waals surface area contributed by atoms with Crippen molar-refractivity contribution >= 4 is 11.8 Å². The van der Waals surface area contributed by atoms with Crippen molar-refractivity contribution in [2.45, 2.75) is 44.6 Å². The van der Waals surface area contributed by atoms with Crippen LogP contribution in [-0.2, 0) is 9.59 Å². The molecule has 2 amide bonds. The van der Waals surface area contributed by atoms with Gasteiger partial charge >= 0.3 is 0 Å². The first-order valence-corrected chi connectivity index (χ1v) is 9.58. The van der Waals surface area contributed by atoms with Crippen LogP contribution in [0.1, 0.15) is 50.1 Å². The predicted molar refractivity (Wildman–Crippen MR) is 98.0 cm³/mol. The largest absolute Gasteiger partial charge is 0.356 e. The first kappa shape index (κ1) is 17.9. The Kier molecular flexibility index (Phi) is 6.45. The van der Waals surface area contributed by atoms with Gasteiger partial charge < -0.3 is 15.5 Å². The molecular weight excluding hydrogens is 314 g/mol. The SMILES string of the molecule is O=C1CC(c2ccccc2)NCCCN(C(=O)C2CC2)CCCCN1. The molecule has 0 spiro atoms. The minimum atomic E-state index is 0.0227. The van der Waals surface area contributed by atoms with E-state index >= 15 is 0 Å². The highest BCUT2D eigenvalue weighted by atomic mass is 16.2. The fourth-order valence-corrected chi connectivity index (χ4v) is 3.37. The molecule has 25 heavy (non-hydrogen) atoms. The molecule has 1 unspecified atom stereocenters. The summed E-state index contributed by atoms with van der Waals surface area (Å²) >= 11 is 0. The smallest absolute Gasteiger partial charge is 0.225 e. The second-order valence-corrected chi connectivity index (χ2v) is 7.13. The van der Waals surface area contributed by atoms with E-state index in [1.807, 2.05) is 23.1 Å². The van der Waals surface area contributed by atoms with Crippen molar-refractivity contribution in [3.63, 3.8) is 0 Å². The zero-order valence-corrected chi connectivity index (χ0v) is 14.9. The Morgan fingerprint density at radius 2 is 1.76 bits per heavy atom. The normalized spacial score (nSPS) is 23.8. The van der Waals surface area contributed by atoms with Crippen LogP contribution in [0.15, 0.2) is 30.3 Å². The molecule has 1 atom stereocenters. The minimum absolute atomic E-state index is 0.0227. The lowest BCUT2D eigenvalue weighted by atomic mass is 10.0. The van der Waals surface area contributed by atoms with Crippen molar-refractivity contribution in [3.8, 4) is 0 Å². The van der Waals surface area contributed by atoms with Crippen LogP contribution in [0.4, 0.5) is 0 Å². The first-order chi connectivity index (χ1) is 12.2. The van der Waals surface area contributed by atoms with Gasteiger partial charge in [0.15, 0.2) is 0 Å². The van der Waals surface area contributed by atoms with Gasteiger partial charge in [-0.15, -0.1) is 0 Å². The van der Waals surface area contributed by atoms with Crippen LogP contribution < -0.4 is 10.6 Å². The highest BCUT2D eigenvalue weighted by Gasteiger charge is 2.33. The molecule has 0 bridgehead atoms. The van der Waals surface area contributed by atoms with E-state index in [-0.39, 0.29) is 17.9 Å². The average Bonchev–Trinajstić information content (AvgIpc) is 3.46. The molecule has 1 heterocycles. The van der Waals surface area contributed by atoms with Crippen LogP contribution in [0.3, 0.4) is 0 Å². The van der Waals surface area contributed by atoms with E-state index in [9.17, 15) is 9.59 Å². The number of amides is 2. The molecule has 3 rings (SSSR count). The van der Waals surface area contributed by atoms with Crippen molar-refractivity contribution in [1.29, 1.82) is 0 Å². The lowest BCUT2D eigenvalue weighted by molar-refractivity contribution is -0.132. The molecule has 5 nitrogen and oxygen atoms in total. The van der Waals surface area contributed by atoms with Crippen molar-refractivity contribution in [2.75, 3.05) is 26.2 Å². The Balaban J connectivity index is 1.62. The van der Waals surface area contributed by atoms with E-state index in [0.717, 1.165) is 57.3 Å². The van der Waals surface area contributed by atoms with E-state index in [0.29, 0.717) is 18.9 Å². The van der Waals surface area contributed by atoms with Gasteiger partial charge in [-0.05, 0) is 44.2 Å². The second kappa shape index (κ2) is 8.99.